The molecule has 6 heteroatoms. The van der Waals surface area contributed by atoms with E-state index >= 15 is 0 Å². The highest BCUT2D eigenvalue weighted by atomic mass is 19.2. The molecule has 3 rings (SSSR count). The van der Waals surface area contributed by atoms with Gasteiger partial charge in [0.05, 0.1) is 13.2 Å². The van der Waals surface area contributed by atoms with Crippen LogP contribution in [-0.4, -0.2) is 24.5 Å². The molecule has 0 N–H and O–H groups in total. The lowest BCUT2D eigenvalue weighted by Gasteiger charge is -2.36. The first kappa shape index (κ1) is 17.3. The van der Waals surface area contributed by atoms with Crippen molar-refractivity contribution in [3.05, 3.63) is 65.0 Å². The van der Waals surface area contributed by atoms with Gasteiger partial charge < -0.3 is 9.64 Å². The van der Waals surface area contributed by atoms with Crippen LogP contribution in [0.4, 0.5) is 13.2 Å². The van der Waals surface area contributed by atoms with Gasteiger partial charge in [0.15, 0.2) is 11.6 Å². The van der Waals surface area contributed by atoms with Crippen molar-refractivity contribution in [3.8, 4) is 5.75 Å². The van der Waals surface area contributed by atoms with Crippen molar-refractivity contribution in [3.63, 3.8) is 0 Å². The molecule has 0 aromatic heterocycles. The number of halogens is 3. The van der Waals surface area contributed by atoms with Crippen molar-refractivity contribution >= 4 is 5.91 Å². The van der Waals surface area contributed by atoms with E-state index in [0.29, 0.717) is 13.0 Å². The Kier molecular flexibility index (Phi) is 4.97. The van der Waals surface area contributed by atoms with Gasteiger partial charge in [0, 0.05) is 6.54 Å². The van der Waals surface area contributed by atoms with Crippen LogP contribution >= 0.6 is 0 Å². The lowest BCUT2D eigenvalue weighted by molar-refractivity contribution is 0.0602. The van der Waals surface area contributed by atoms with Crippen molar-refractivity contribution in [2.45, 2.75) is 25.3 Å². The molecular weight excluding hydrogens is 331 g/mol. The van der Waals surface area contributed by atoms with E-state index in [2.05, 4.69) is 0 Å². The van der Waals surface area contributed by atoms with Gasteiger partial charge in [0.25, 0.3) is 5.91 Å². The number of carbonyl (C=O) groups excluding carboxylic acids is 1. The van der Waals surface area contributed by atoms with Gasteiger partial charge in [0.2, 0.25) is 0 Å². The van der Waals surface area contributed by atoms with Crippen LogP contribution in [0.15, 0.2) is 36.4 Å². The van der Waals surface area contributed by atoms with E-state index in [1.165, 1.54) is 30.2 Å². The zero-order valence-electron chi connectivity index (χ0n) is 13.8. The van der Waals surface area contributed by atoms with Crippen LogP contribution in [0.25, 0.3) is 0 Å². The molecule has 0 radical (unpaired) electrons. The maximum absolute atomic E-state index is 14.3. The van der Waals surface area contributed by atoms with E-state index in [1.807, 2.05) is 0 Å². The second kappa shape index (κ2) is 7.17. The van der Waals surface area contributed by atoms with E-state index in [9.17, 15) is 18.0 Å². The average molecular weight is 349 g/mol. The molecule has 0 bridgehead atoms. The Morgan fingerprint density at radius 3 is 2.48 bits per heavy atom. The third-order valence-corrected chi connectivity index (χ3v) is 4.51. The molecule has 3 nitrogen and oxygen atoms in total. The standard InChI is InChI=1S/C19H18F3NO2/c1-25-16-10-9-14(21)18(22)17(16)19(24)23-11-3-2-4-15(23)12-5-7-13(20)8-6-12/h5-10,15H,2-4,11H2,1H3/t15-/m1/s1. The summed E-state index contributed by atoms with van der Waals surface area (Å²) < 4.78 is 46.2. The van der Waals surface area contributed by atoms with Crippen molar-refractivity contribution in [2.75, 3.05) is 13.7 Å². The monoisotopic (exact) mass is 349 g/mol. The molecule has 1 atom stereocenters. The van der Waals surface area contributed by atoms with Crippen LogP contribution in [0.1, 0.15) is 41.2 Å². The summed E-state index contributed by atoms with van der Waals surface area (Å²) in [6.45, 7) is 0.417. The minimum Gasteiger partial charge on any atom is -0.496 e. The van der Waals surface area contributed by atoms with E-state index in [-0.39, 0.29) is 17.6 Å². The lowest BCUT2D eigenvalue weighted by Crippen LogP contribution is -2.39. The first-order valence-electron chi connectivity index (χ1n) is 8.11. The fourth-order valence-electron chi connectivity index (χ4n) is 3.25. The van der Waals surface area contributed by atoms with Gasteiger partial charge >= 0.3 is 0 Å². The number of methoxy groups -OCH3 is 1. The minimum atomic E-state index is -1.22. The van der Waals surface area contributed by atoms with Crippen molar-refractivity contribution < 1.29 is 22.7 Å². The van der Waals surface area contributed by atoms with E-state index in [1.54, 1.807) is 12.1 Å². The van der Waals surface area contributed by atoms with Gasteiger partial charge in [-0.2, -0.15) is 0 Å². The lowest BCUT2D eigenvalue weighted by atomic mass is 9.94. The fourth-order valence-corrected chi connectivity index (χ4v) is 3.25. The second-order valence-corrected chi connectivity index (χ2v) is 6.00. The largest absolute Gasteiger partial charge is 0.496 e. The Bertz CT molecular complexity index is 777. The van der Waals surface area contributed by atoms with Crippen LogP contribution in [0.3, 0.4) is 0 Å². The molecule has 0 aliphatic carbocycles. The molecule has 0 saturated carbocycles. The number of benzene rings is 2. The highest BCUT2D eigenvalue weighted by Crippen LogP contribution is 2.34. The quantitative estimate of drug-likeness (QED) is 0.818. The number of likely N-dealkylation sites (tertiary alicyclic amines) is 1. The van der Waals surface area contributed by atoms with Crippen LogP contribution < -0.4 is 4.74 Å². The van der Waals surface area contributed by atoms with Gasteiger partial charge in [-0.15, -0.1) is 0 Å². The summed E-state index contributed by atoms with van der Waals surface area (Å²) in [5.74, 6) is -3.31. The molecule has 1 heterocycles. The van der Waals surface area contributed by atoms with Crippen molar-refractivity contribution in [2.24, 2.45) is 0 Å². The molecule has 2 aromatic carbocycles. The summed E-state index contributed by atoms with van der Waals surface area (Å²) in [7, 11) is 1.30. The number of amides is 1. The molecule has 25 heavy (non-hydrogen) atoms. The van der Waals surface area contributed by atoms with Crippen LogP contribution in [0.5, 0.6) is 5.75 Å². The molecule has 1 aliphatic rings. The molecule has 0 spiro atoms. The predicted molar refractivity (Wildman–Crippen MR) is 86.9 cm³/mol. The van der Waals surface area contributed by atoms with Gasteiger partial charge in [-0.1, -0.05) is 12.1 Å². The number of ether oxygens (including phenoxy) is 1. The van der Waals surface area contributed by atoms with Gasteiger partial charge in [-0.3, -0.25) is 4.79 Å². The number of rotatable bonds is 3. The molecule has 1 aliphatic heterocycles. The number of nitrogens with zero attached hydrogens (tertiary/aromatic N) is 1. The first-order chi connectivity index (χ1) is 12.0. The molecule has 1 fully saturated rings. The minimum absolute atomic E-state index is 0.00710. The summed E-state index contributed by atoms with van der Waals surface area (Å²) in [5, 5.41) is 0. The zero-order valence-corrected chi connectivity index (χ0v) is 13.8. The third kappa shape index (κ3) is 3.34. The van der Waals surface area contributed by atoms with Crippen molar-refractivity contribution in [1.29, 1.82) is 0 Å². The Balaban J connectivity index is 2.00. The van der Waals surface area contributed by atoms with Crippen molar-refractivity contribution in [1.82, 2.24) is 4.90 Å². The fraction of sp³-hybridized carbons (Fsp3) is 0.316. The van der Waals surface area contributed by atoms with Gasteiger partial charge in [-0.05, 0) is 49.1 Å². The normalized spacial score (nSPS) is 17.4. The Labute approximate surface area is 144 Å². The SMILES string of the molecule is COc1ccc(F)c(F)c1C(=O)N1CCCC[C@@H]1c1ccc(F)cc1. The molecule has 1 amide bonds. The Morgan fingerprint density at radius 1 is 1.08 bits per heavy atom. The summed E-state index contributed by atoms with van der Waals surface area (Å²) >= 11 is 0. The van der Waals surface area contributed by atoms with Crippen LogP contribution in [0, 0.1) is 17.5 Å². The Morgan fingerprint density at radius 2 is 1.80 bits per heavy atom. The molecule has 1 saturated heterocycles. The average Bonchev–Trinajstić information content (AvgIpc) is 2.64. The summed E-state index contributed by atoms with van der Waals surface area (Å²) in [5.41, 5.74) is 0.363. The van der Waals surface area contributed by atoms with Crippen LogP contribution in [-0.2, 0) is 0 Å². The van der Waals surface area contributed by atoms with E-state index in [4.69, 9.17) is 4.74 Å². The highest BCUT2D eigenvalue weighted by Gasteiger charge is 2.32. The zero-order chi connectivity index (χ0) is 18.0. The number of hydrogen-bond acceptors (Lipinski definition) is 2. The summed E-state index contributed by atoms with van der Waals surface area (Å²) in [6, 6.07) is 7.75. The summed E-state index contributed by atoms with van der Waals surface area (Å²) in [4.78, 5) is 14.5. The molecule has 0 unspecified atom stereocenters. The number of hydrogen-bond donors (Lipinski definition) is 0. The maximum Gasteiger partial charge on any atom is 0.261 e. The smallest absolute Gasteiger partial charge is 0.261 e. The first-order valence-corrected chi connectivity index (χ1v) is 8.11. The number of piperidine rings is 1. The molecule has 2 aromatic rings. The summed E-state index contributed by atoms with van der Waals surface area (Å²) in [6.07, 6.45) is 2.34. The highest BCUT2D eigenvalue weighted by molar-refractivity contribution is 5.97. The molecular formula is C19H18F3NO2. The Hall–Kier alpha value is -2.50. The molecule has 132 valence electrons. The number of carbonyl (C=O) groups is 1. The topological polar surface area (TPSA) is 29.5 Å². The van der Waals surface area contributed by atoms with Gasteiger partial charge in [-0.25, -0.2) is 13.2 Å². The maximum atomic E-state index is 14.3. The predicted octanol–water partition coefficient (Wildman–Crippen LogP) is 4.48. The van der Waals surface area contributed by atoms with E-state index < -0.39 is 23.1 Å². The van der Waals surface area contributed by atoms with Gasteiger partial charge in [0.1, 0.15) is 17.1 Å². The van der Waals surface area contributed by atoms with E-state index in [0.717, 1.165) is 24.5 Å². The second-order valence-electron chi connectivity index (χ2n) is 6.00. The third-order valence-electron chi connectivity index (χ3n) is 4.51. The van der Waals surface area contributed by atoms with Crippen LogP contribution in [0.2, 0.25) is 0 Å².